The molecular formula is C24H21N3O5. The summed E-state index contributed by atoms with van der Waals surface area (Å²) in [5, 5.41) is 6.32. The molecule has 0 radical (unpaired) electrons. The molecule has 2 aromatic carbocycles. The minimum absolute atomic E-state index is 0.0940. The van der Waals surface area contributed by atoms with Crippen LogP contribution in [-0.2, 0) is 14.3 Å². The van der Waals surface area contributed by atoms with Crippen LogP contribution in [0.5, 0.6) is 0 Å². The number of nitrogens with one attached hydrogen (secondary N) is 1. The van der Waals surface area contributed by atoms with Crippen molar-refractivity contribution in [1.29, 1.82) is 0 Å². The molecule has 0 bridgehead atoms. The van der Waals surface area contributed by atoms with Crippen LogP contribution in [0.25, 0.3) is 5.70 Å². The van der Waals surface area contributed by atoms with Crippen molar-refractivity contribution in [1.82, 2.24) is 10.1 Å². The van der Waals surface area contributed by atoms with E-state index >= 15 is 0 Å². The molecule has 8 nitrogen and oxygen atoms in total. The fourth-order valence-electron chi connectivity index (χ4n) is 3.48. The van der Waals surface area contributed by atoms with Crippen molar-refractivity contribution in [2.75, 3.05) is 11.9 Å². The van der Waals surface area contributed by atoms with Crippen molar-refractivity contribution in [3.8, 4) is 0 Å². The Bertz CT molecular complexity index is 1150. The summed E-state index contributed by atoms with van der Waals surface area (Å²) in [4.78, 5) is 39.5. The van der Waals surface area contributed by atoms with Crippen molar-refractivity contribution in [2.24, 2.45) is 0 Å². The Kier molecular flexibility index (Phi) is 5.85. The van der Waals surface area contributed by atoms with E-state index in [-0.39, 0.29) is 24.7 Å². The number of carbonyl (C=O) groups excluding carboxylic acids is 3. The lowest BCUT2D eigenvalue weighted by Crippen LogP contribution is -2.29. The molecule has 0 spiro atoms. The molecule has 3 aromatic rings. The minimum Gasteiger partial charge on any atom is -0.447 e. The van der Waals surface area contributed by atoms with Crippen molar-refractivity contribution in [2.45, 2.75) is 19.4 Å². The number of amides is 2. The maximum absolute atomic E-state index is 12.8. The molecule has 32 heavy (non-hydrogen) atoms. The summed E-state index contributed by atoms with van der Waals surface area (Å²) in [6.07, 6.45) is -1.28. The Hall–Kier alpha value is -4.20. The maximum Gasteiger partial charge on any atom is 0.308 e. The SMILES string of the molecule is C=C1c2ccccc2C(=O)N1CCC(=O)OC(C(=O)Nc1cc(C)on1)c1ccccc1. The average molecular weight is 431 g/mol. The second-order valence-corrected chi connectivity index (χ2v) is 7.29. The van der Waals surface area contributed by atoms with Gasteiger partial charge in [0, 0.05) is 35.0 Å². The number of benzene rings is 2. The number of fused-ring (bicyclic) bond motifs is 1. The molecule has 2 amide bonds. The summed E-state index contributed by atoms with van der Waals surface area (Å²) in [5.41, 5.74) is 2.34. The smallest absolute Gasteiger partial charge is 0.308 e. The van der Waals surface area contributed by atoms with Crippen LogP contribution < -0.4 is 5.32 Å². The quantitative estimate of drug-likeness (QED) is 0.572. The van der Waals surface area contributed by atoms with Gasteiger partial charge < -0.3 is 19.5 Å². The molecule has 1 aliphatic rings. The van der Waals surface area contributed by atoms with Gasteiger partial charge in [0.25, 0.3) is 11.8 Å². The first kappa shape index (κ1) is 21.0. The number of aryl methyl sites for hydroxylation is 1. The van der Waals surface area contributed by atoms with E-state index in [1.54, 1.807) is 55.5 Å². The molecule has 1 atom stereocenters. The Morgan fingerprint density at radius 1 is 1.12 bits per heavy atom. The molecule has 1 N–H and O–H groups in total. The van der Waals surface area contributed by atoms with E-state index < -0.39 is 18.0 Å². The molecule has 0 aliphatic carbocycles. The Balaban J connectivity index is 1.43. The zero-order chi connectivity index (χ0) is 22.7. The van der Waals surface area contributed by atoms with E-state index in [2.05, 4.69) is 17.1 Å². The fourth-order valence-corrected chi connectivity index (χ4v) is 3.48. The van der Waals surface area contributed by atoms with E-state index in [0.29, 0.717) is 22.6 Å². The van der Waals surface area contributed by atoms with Gasteiger partial charge >= 0.3 is 5.97 Å². The van der Waals surface area contributed by atoms with Crippen molar-refractivity contribution in [3.05, 3.63) is 89.7 Å². The van der Waals surface area contributed by atoms with Gasteiger partial charge in [-0.25, -0.2) is 0 Å². The molecule has 1 unspecified atom stereocenters. The summed E-state index contributed by atoms with van der Waals surface area (Å²) in [6.45, 7) is 5.76. The highest BCUT2D eigenvalue weighted by Crippen LogP contribution is 2.31. The van der Waals surface area contributed by atoms with Crippen LogP contribution in [-0.4, -0.2) is 34.4 Å². The van der Waals surface area contributed by atoms with Gasteiger partial charge in [-0.3, -0.25) is 14.4 Å². The van der Waals surface area contributed by atoms with E-state index in [4.69, 9.17) is 9.26 Å². The topological polar surface area (TPSA) is 102 Å². The number of anilines is 1. The third kappa shape index (κ3) is 4.29. The third-order valence-electron chi connectivity index (χ3n) is 5.05. The Labute approximate surface area is 184 Å². The van der Waals surface area contributed by atoms with Gasteiger partial charge in [0.1, 0.15) is 5.76 Å². The zero-order valence-electron chi connectivity index (χ0n) is 17.4. The summed E-state index contributed by atoms with van der Waals surface area (Å²) >= 11 is 0. The van der Waals surface area contributed by atoms with Gasteiger partial charge in [-0.2, -0.15) is 0 Å². The zero-order valence-corrected chi connectivity index (χ0v) is 17.4. The standard InChI is InChI=1S/C24H21N3O5/c1-15-14-20(26-32-15)25-23(29)22(17-8-4-3-5-9-17)31-21(28)12-13-27-16(2)18-10-6-7-11-19(18)24(27)30/h3-11,14,22H,2,12-13H2,1H3,(H,25,26,29). The fraction of sp³-hybridized carbons (Fsp3) is 0.167. The van der Waals surface area contributed by atoms with Gasteiger partial charge in [-0.1, -0.05) is 60.3 Å². The van der Waals surface area contributed by atoms with Crippen LogP contribution >= 0.6 is 0 Å². The van der Waals surface area contributed by atoms with Gasteiger partial charge in [0.2, 0.25) is 6.10 Å². The lowest BCUT2D eigenvalue weighted by atomic mass is 10.1. The Morgan fingerprint density at radius 3 is 2.47 bits per heavy atom. The van der Waals surface area contributed by atoms with E-state index in [1.165, 1.54) is 4.90 Å². The lowest BCUT2D eigenvalue weighted by molar-refractivity contribution is -0.154. The van der Waals surface area contributed by atoms with Gasteiger partial charge in [-0.15, -0.1) is 0 Å². The van der Waals surface area contributed by atoms with E-state index in [1.807, 2.05) is 12.1 Å². The van der Waals surface area contributed by atoms with Gasteiger partial charge in [0.05, 0.1) is 6.42 Å². The second-order valence-electron chi connectivity index (χ2n) is 7.29. The van der Waals surface area contributed by atoms with Gasteiger partial charge in [0.15, 0.2) is 5.82 Å². The number of esters is 1. The molecule has 8 heteroatoms. The van der Waals surface area contributed by atoms with Crippen LogP contribution in [0.3, 0.4) is 0 Å². The highest BCUT2D eigenvalue weighted by molar-refractivity contribution is 6.08. The first-order valence-electron chi connectivity index (χ1n) is 10.0. The second kappa shape index (κ2) is 8.89. The predicted octanol–water partition coefficient (Wildman–Crippen LogP) is 3.72. The predicted molar refractivity (Wildman–Crippen MR) is 116 cm³/mol. The largest absolute Gasteiger partial charge is 0.447 e. The first-order valence-corrected chi connectivity index (χ1v) is 10.0. The summed E-state index contributed by atoms with van der Waals surface area (Å²) in [5.74, 6) is -0.641. The number of aromatic nitrogens is 1. The third-order valence-corrected chi connectivity index (χ3v) is 5.05. The maximum atomic E-state index is 12.8. The molecule has 1 aromatic heterocycles. The van der Waals surface area contributed by atoms with Crippen LogP contribution in [0.2, 0.25) is 0 Å². The number of carbonyl (C=O) groups is 3. The first-order chi connectivity index (χ1) is 15.4. The summed E-state index contributed by atoms with van der Waals surface area (Å²) in [6, 6.07) is 17.4. The van der Waals surface area contributed by atoms with Crippen molar-refractivity contribution in [3.63, 3.8) is 0 Å². The normalized spacial score (nSPS) is 13.6. The Morgan fingerprint density at radius 2 is 1.81 bits per heavy atom. The molecular weight excluding hydrogens is 410 g/mol. The highest BCUT2D eigenvalue weighted by atomic mass is 16.5. The summed E-state index contributed by atoms with van der Waals surface area (Å²) in [7, 11) is 0. The van der Waals surface area contributed by atoms with Crippen LogP contribution in [0, 0.1) is 6.92 Å². The van der Waals surface area contributed by atoms with E-state index in [0.717, 1.165) is 5.56 Å². The molecule has 1 aliphatic heterocycles. The molecule has 0 saturated carbocycles. The monoisotopic (exact) mass is 431 g/mol. The average Bonchev–Trinajstić information content (AvgIpc) is 3.31. The van der Waals surface area contributed by atoms with Crippen molar-refractivity contribution < 1.29 is 23.6 Å². The molecule has 0 saturated heterocycles. The molecule has 2 heterocycles. The number of hydrogen-bond acceptors (Lipinski definition) is 6. The minimum atomic E-state index is -1.18. The van der Waals surface area contributed by atoms with Crippen molar-refractivity contribution >= 4 is 29.3 Å². The van der Waals surface area contributed by atoms with Crippen LogP contribution in [0.4, 0.5) is 5.82 Å². The van der Waals surface area contributed by atoms with Gasteiger partial charge in [-0.05, 0) is 13.0 Å². The lowest BCUT2D eigenvalue weighted by Gasteiger charge is -2.20. The number of nitrogens with zero attached hydrogens (tertiary/aromatic N) is 2. The number of hydrogen-bond donors (Lipinski definition) is 1. The molecule has 0 fully saturated rings. The van der Waals surface area contributed by atoms with Crippen LogP contribution in [0.15, 0.2) is 71.8 Å². The number of rotatable bonds is 7. The summed E-state index contributed by atoms with van der Waals surface area (Å²) < 4.78 is 10.5. The highest BCUT2D eigenvalue weighted by Gasteiger charge is 2.32. The number of ether oxygens (including phenoxy) is 1. The van der Waals surface area contributed by atoms with E-state index in [9.17, 15) is 14.4 Å². The van der Waals surface area contributed by atoms with Crippen LogP contribution in [0.1, 0.15) is 39.8 Å². The molecule has 162 valence electrons. The molecule has 4 rings (SSSR count).